The zero-order valence-corrected chi connectivity index (χ0v) is 11.6. The first-order chi connectivity index (χ1) is 9.99. The van der Waals surface area contributed by atoms with Crippen LogP contribution in [0.15, 0.2) is 23.1 Å². The number of pyridine rings is 1. The van der Waals surface area contributed by atoms with E-state index in [0.717, 1.165) is 6.07 Å². The van der Waals surface area contributed by atoms with Gasteiger partial charge in [0, 0.05) is 18.1 Å². The molecule has 0 aliphatic carbocycles. The maximum Gasteiger partial charge on any atom is 0.341 e. The van der Waals surface area contributed by atoms with Crippen molar-refractivity contribution in [3.8, 4) is 0 Å². The second-order valence-electron chi connectivity index (χ2n) is 4.59. The van der Waals surface area contributed by atoms with Crippen molar-refractivity contribution < 1.29 is 20.0 Å². The first-order valence-corrected chi connectivity index (χ1v) is 6.62. The Kier molecular flexibility index (Phi) is 4.23. The Hall–Kier alpha value is -2.41. The standard InChI is InChI=1S/C14H16FN3O3/c1-2-18-7-9(14(20)21)13(19)8-5-10(15)11(6-12(8)18)17-4-3-16/h5-7,17H,2-4,16H2,1H3,(H,20,21)/p+1. The molecule has 1 heterocycles. The fourth-order valence-electron chi connectivity index (χ4n) is 2.18. The van der Waals surface area contributed by atoms with Crippen molar-refractivity contribution in [2.75, 3.05) is 18.4 Å². The first kappa shape index (κ1) is 15.0. The van der Waals surface area contributed by atoms with Crippen LogP contribution in [-0.2, 0) is 6.54 Å². The highest BCUT2D eigenvalue weighted by Crippen LogP contribution is 2.21. The van der Waals surface area contributed by atoms with Gasteiger partial charge >= 0.3 is 5.97 Å². The van der Waals surface area contributed by atoms with Crippen molar-refractivity contribution in [1.29, 1.82) is 0 Å². The molecule has 1 aromatic heterocycles. The van der Waals surface area contributed by atoms with Gasteiger partial charge in [-0.1, -0.05) is 0 Å². The van der Waals surface area contributed by atoms with Crippen LogP contribution in [0.2, 0.25) is 0 Å². The monoisotopic (exact) mass is 294 g/mol. The molecule has 7 heteroatoms. The van der Waals surface area contributed by atoms with Gasteiger partial charge in [0.15, 0.2) is 0 Å². The molecule has 5 N–H and O–H groups in total. The number of hydrogen-bond acceptors (Lipinski definition) is 3. The molecule has 2 rings (SSSR count). The lowest BCUT2D eigenvalue weighted by molar-refractivity contribution is -0.362. The lowest BCUT2D eigenvalue weighted by atomic mass is 10.1. The molecule has 0 saturated carbocycles. The molecule has 0 aliphatic heterocycles. The number of quaternary nitrogens is 1. The Balaban J connectivity index is 2.75. The lowest BCUT2D eigenvalue weighted by Crippen LogP contribution is -2.53. The molecule has 0 fully saturated rings. The summed E-state index contributed by atoms with van der Waals surface area (Å²) in [5, 5.41) is 12.0. The van der Waals surface area contributed by atoms with Gasteiger partial charge in [0.25, 0.3) is 0 Å². The smallest absolute Gasteiger partial charge is 0.341 e. The molecule has 1 aromatic carbocycles. The topological polar surface area (TPSA) is 99.0 Å². The summed E-state index contributed by atoms with van der Waals surface area (Å²) in [7, 11) is 0. The number of nitrogens with one attached hydrogen (secondary N) is 1. The Labute approximate surface area is 120 Å². The third-order valence-electron chi connectivity index (χ3n) is 3.23. The average molecular weight is 294 g/mol. The van der Waals surface area contributed by atoms with E-state index in [0.29, 0.717) is 25.2 Å². The van der Waals surface area contributed by atoms with Crippen LogP contribution >= 0.6 is 0 Å². The van der Waals surface area contributed by atoms with Crippen molar-refractivity contribution in [2.24, 2.45) is 0 Å². The molecule has 6 nitrogen and oxygen atoms in total. The van der Waals surface area contributed by atoms with Crippen molar-refractivity contribution >= 4 is 22.6 Å². The molecule has 0 bridgehead atoms. The number of fused-ring (bicyclic) bond motifs is 1. The van der Waals surface area contributed by atoms with Crippen LogP contribution in [0.25, 0.3) is 10.9 Å². The zero-order chi connectivity index (χ0) is 15.6. The van der Waals surface area contributed by atoms with Crippen molar-refractivity contribution in [1.82, 2.24) is 4.57 Å². The van der Waals surface area contributed by atoms with E-state index in [9.17, 15) is 14.0 Å². The summed E-state index contributed by atoms with van der Waals surface area (Å²) in [6, 6.07) is 2.61. The van der Waals surface area contributed by atoms with Crippen LogP contribution < -0.4 is 16.5 Å². The minimum absolute atomic E-state index is 0.0643. The molecular weight excluding hydrogens is 277 g/mol. The second kappa shape index (κ2) is 5.92. The van der Waals surface area contributed by atoms with Gasteiger partial charge in [0.1, 0.15) is 11.4 Å². The summed E-state index contributed by atoms with van der Waals surface area (Å²) in [4.78, 5) is 23.2. The number of nitrogens with zero attached hydrogens (tertiary/aromatic N) is 1. The number of aromatic carboxylic acids is 1. The molecular formula is C14H17FN3O3+. The molecule has 112 valence electrons. The van der Waals surface area contributed by atoms with Crippen LogP contribution in [-0.4, -0.2) is 28.7 Å². The minimum atomic E-state index is -1.32. The summed E-state index contributed by atoms with van der Waals surface area (Å²) in [6.45, 7) is 3.39. The number of halogens is 1. The first-order valence-electron chi connectivity index (χ1n) is 6.62. The predicted octanol–water partition coefficient (Wildman–Crippen LogP) is 0.513. The van der Waals surface area contributed by atoms with Gasteiger partial charge in [-0.3, -0.25) is 4.79 Å². The fourth-order valence-corrected chi connectivity index (χ4v) is 2.18. The van der Waals surface area contributed by atoms with Crippen LogP contribution in [0.4, 0.5) is 10.1 Å². The third kappa shape index (κ3) is 2.73. The molecule has 2 aromatic rings. The summed E-state index contributed by atoms with van der Waals surface area (Å²) < 4.78 is 15.6. The number of carboxylic acids is 1. The maximum atomic E-state index is 14.0. The number of rotatable bonds is 5. The summed E-state index contributed by atoms with van der Waals surface area (Å²) in [5.41, 5.74) is 3.41. The Morgan fingerprint density at radius 3 is 2.76 bits per heavy atom. The molecule has 21 heavy (non-hydrogen) atoms. The van der Waals surface area contributed by atoms with Gasteiger partial charge in [-0.15, -0.1) is 0 Å². The van der Waals surface area contributed by atoms with E-state index in [1.807, 2.05) is 6.92 Å². The number of carboxylic acid groups (broad SMARTS) is 1. The van der Waals surface area contributed by atoms with Gasteiger partial charge < -0.3 is 20.7 Å². The number of anilines is 1. The van der Waals surface area contributed by atoms with Gasteiger partial charge in [-0.25, -0.2) is 9.18 Å². The molecule has 0 unspecified atom stereocenters. The van der Waals surface area contributed by atoms with Crippen molar-refractivity contribution in [2.45, 2.75) is 13.5 Å². The minimum Gasteiger partial charge on any atom is -0.477 e. The van der Waals surface area contributed by atoms with E-state index in [-0.39, 0.29) is 16.6 Å². The quantitative estimate of drug-likeness (QED) is 0.748. The highest BCUT2D eigenvalue weighted by atomic mass is 19.1. The largest absolute Gasteiger partial charge is 0.477 e. The van der Waals surface area contributed by atoms with E-state index < -0.39 is 17.2 Å². The number of hydrogen-bond donors (Lipinski definition) is 3. The molecule has 0 aliphatic rings. The zero-order valence-electron chi connectivity index (χ0n) is 11.6. The van der Waals surface area contributed by atoms with Crippen molar-refractivity contribution in [3.05, 3.63) is 39.9 Å². The van der Waals surface area contributed by atoms with E-state index in [1.54, 1.807) is 4.57 Å². The summed E-state index contributed by atoms with van der Waals surface area (Å²) in [5.74, 6) is -1.90. The van der Waals surface area contributed by atoms with Crippen LogP contribution in [0, 0.1) is 5.82 Å². The van der Waals surface area contributed by atoms with Crippen LogP contribution in [0.3, 0.4) is 0 Å². The highest BCUT2D eigenvalue weighted by Gasteiger charge is 2.16. The normalized spacial score (nSPS) is 10.8. The highest BCUT2D eigenvalue weighted by molar-refractivity contribution is 5.93. The maximum absolute atomic E-state index is 14.0. The van der Waals surface area contributed by atoms with Gasteiger partial charge in [0.05, 0.1) is 24.3 Å². The SMILES string of the molecule is CCn1cc(C(=O)O)c(=O)c2cc(F)c(NCC[NH3+])cc21. The molecule has 0 spiro atoms. The van der Waals surface area contributed by atoms with Crippen LogP contribution in [0.1, 0.15) is 17.3 Å². The van der Waals surface area contributed by atoms with E-state index >= 15 is 0 Å². The summed E-state index contributed by atoms with van der Waals surface area (Å²) >= 11 is 0. The Morgan fingerprint density at radius 1 is 1.48 bits per heavy atom. The van der Waals surface area contributed by atoms with Crippen LogP contribution in [0.5, 0.6) is 0 Å². The molecule has 0 saturated heterocycles. The Morgan fingerprint density at radius 2 is 2.19 bits per heavy atom. The lowest BCUT2D eigenvalue weighted by Gasteiger charge is -2.13. The van der Waals surface area contributed by atoms with E-state index in [2.05, 4.69) is 11.1 Å². The third-order valence-corrected chi connectivity index (χ3v) is 3.23. The van der Waals surface area contributed by atoms with E-state index in [1.165, 1.54) is 12.3 Å². The number of benzene rings is 1. The number of carbonyl (C=O) groups is 1. The van der Waals surface area contributed by atoms with Gasteiger partial charge in [-0.2, -0.15) is 0 Å². The second-order valence-corrected chi connectivity index (χ2v) is 4.59. The molecule has 0 amide bonds. The van der Waals surface area contributed by atoms with Crippen molar-refractivity contribution in [3.63, 3.8) is 0 Å². The van der Waals surface area contributed by atoms with Gasteiger partial charge in [0.2, 0.25) is 5.43 Å². The fraction of sp³-hybridized carbons (Fsp3) is 0.286. The average Bonchev–Trinajstić information content (AvgIpc) is 2.46. The van der Waals surface area contributed by atoms with E-state index in [4.69, 9.17) is 5.11 Å². The predicted molar refractivity (Wildman–Crippen MR) is 77.0 cm³/mol. The molecule has 0 atom stereocenters. The molecule has 0 radical (unpaired) electrons. The Bertz CT molecular complexity index is 755. The number of aromatic nitrogens is 1. The summed E-state index contributed by atoms with van der Waals surface area (Å²) in [6.07, 6.45) is 1.29. The number of aryl methyl sites for hydroxylation is 1. The van der Waals surface area contributed by atoms with Gasteiger partial charge in [-0.05, 0) is 19.1 Å².